The first-order valence-corrected chi connectivity index (χ1v) is 4.38. The van der Waals surface area contributed by atoms with Gasteiger partial charge in [-0.1, -0.05) is 0 Å². The molecule has 0 bridgehead atoms. The summed E-state index contributed by atoms with van der Waals surface area (Å²) in [7, 11) is 0. The molecule has 0 saturated heterocycles. The van der Waals surface area contributed by atoms with Crippen LogP contribution in [0.2, 0.25) is 0 Å². The Kier molecular flexibility index (Phi) is 2.23. The van der Waals surface area contributed by atoms with Crippen LogP contribution in [0.1, 0.15) is 12.0 Å². The molecule has 2 aromatic rings. The Morgan fingerprint density at radius 3 is 3.15 bits per heavy atom. The van der Waals surface area contributed by atoms with Gasteiger partial charge in [-0.05, 0) is 24.9 Å². The Hall–Kier alpha value is -1.42. The van der Waals surface area contributed by atoms with Crippen molar-refractivity contribution in [3.63, 3.8) is 0 Å². The van der Waals surface area contributed by atoms with E-state index in [1.54, 1.807) is 6.20 Å². The summed E-state index contributed by atoms with van der Waals surface area (Å²) >= 11 is 0. The molecule has 4 heteroatoms. The summed E-state index contributed by atoms with van der Waals surface area (Å²) in [6, 6.07) is 0. The first-order chi connectivity index (χ1) is 6.42. The molecule has 0 amide bonds. The van der Waals surface area contributed by atoms with Gasteiger partial charge in [-0.3, -0.25) is 4.98 Å². The number of rotatable bonds is 3. The lowest BCUT2D eigenvalue weighted by atomic mass is 10.2. The Morgan fingerprint density at radius 1 is 1.38 bits per heavy atom. The number of hydrogen-bond acceptors (Lipinski definition) is 3. The molecule has 2 N–H and O–H groups in total. The third-order valence-electron chi connectivity index (χ3n) is 2.05. The Balaban J connectivity index is 2.35. The number of hydrogen-bond donors (Lipinski definition) is 1. The monoisotopic (exact) mass is 176 g/mol. The molecular weight excluding hydrogens is 164 g/mol. The van der Waals surface area contributed by atoms with Crippen molar-refractivity contribution in [1.82, 2.24) is 14.6 Å². The van der Waals surface area contributed by atoms with Crippen LogP contribution in [0.4, 0.5) is 0 Å². The molecule has 2 aromatic heterocycles. The largest absolute Gasteiger partial charge is 0.330 e. The van der Waals surface area contributed by atoms with Crippen LogP contribution in [0.25, 0.3) is 5.52 Å². The zero-order chi connectivity index (χ0) is 9.10. The second-order valence-electron chi connectivity index (χ2n) is 2.97. The highest BCUT2D eigenvalue weighted by Crippen LogP contribution is 2.09. The molecule has 0 aromatic carbocycles. The molecule has 13 heavy (non-hydrogen) atoms. The van der Waals surface area contributed by atoms with Crippen LogP contribution in [0, 0.1) is 0 Å². The maximum Gasteiger partial charge on any atom is 0.0876 e. The molecule has 0 radical (unpaired) electrons. The highest BCUT2D eigenvalue weighted by atomic mass is 15.2. The highest BCUT2D eigenvalue weighted by molar-refractivity contribution is 5.51. The van der Waals surface area contributed by atoms with Crippen molar-refractivity contribution in [2.45, 2.75) is 12.8 Å². The lowest BCUT2D eigenvalue weighted by Crippen LogP contribution is -2.00. The first kappa shape index (κ1) is 8.19. The summed E-state index contributed by atoms with van der Waals surface area (Å²) in [5, 5.41) is 4.21. The Morgan fingerprint density at radius 2 is 2.31 bits per heavy atom. The zero-order valence-electron chi connectivity index (χ0n) is 7.35. The molecule has 0 aliphatic heterocycles. The van der Waals surface area contributed by atoms with Crippen molar-refractivity contribution < 1.29 is 0 Å². The molecule has 68 valence electrons. The Bertz CT molecular complexity index is 393. The first-order valence-electron chi connectivity index (χ1n) is 4.38. The number of aryl methyl sites for hydroxylation is 1. The van der Waals surface area contributed by atoms with E-state index in [0.717, 1.165) is 24.9 Å². The van der Waals surface area contributed by atoms with Gasteiger partial charge in [0.05, 0.1) is 17.9 Å². The van der Waals surface area contributed by atoms with E-state index >= 15 is 0 Å². The van der Waals surface area contributed by atoms with Gasteiger partial charge >= 0.3 is 0 Å². The predicted octanol–water partition coefficient (Wildman–Crippen LogP) is 0.621. The van der Waals surface area contributed by atoms with Gasteiger partial charge in [0, 0.05) is 12.4 Å². The molecule has 0 unspecified atom stereocenters. The highest BCUT2D eigenvalue weighted by Gasteiger charge is 2.01. The van der Waals surface area contributed by atoms with Crippen LogP contribution in [-0.2, 0) is 6.42 Å². The average Bonchev–Trinajstić information content (AvgIpc) is 2.58. The van der Waals surface area contributed by atoms with Crippen molar-refractivity contribution in [2.75, 3.05) is 6.54 Å². The lowest BCUT2D eigenvalue weighted by molar-refractivity contribution is 0.836. The minimum Gasteiger partial charge on any atom is -0.330 e. The van der Waals surface area contributed by atoms with E-state index in [0.29, 0.717) is 0 Å². The second kappa shape index (κ2) is 3.53. The fraction of sp³-hybridized carbons (Fsp3) is 0.333. The average molecular weight is 176 g/mol. The van der Waals surface area contributed by atoms with Crippen LogP contribution >= 0.6 is 0 Å². The summed E-state index contributed by atoms with van der Waals surface area (Å²) < 4.78 is 1.83. The molecule has 2 rings (SSSR count). The van der Waals surface area contributed by atoms with Crippen LogP contribution < -0.4 is 5.73 Å². The van der Waals surface area contributed by atoms with Crippen molar-refractivity contribution in [1.29, 1.82) is 0 Å². The van der Waals surface area contributed by atoms with E-state index < -0.39 is 0 Å². The number of aromatic nitrogens is 3. The van der Waals surface area contributed by atoms with Crippen LogP contribution in [0.15, 0.2) is 24.8 Å². The molecule has 0 spiro atoms. The Labute approximate surface area is 76.4 Å². The van der Waals surface area contributed by atoms with E-state index in [1.165, 1.54) is 5.56 Å². The summed E-state index contributed by atoms with van der Waals surface area (Å²) in [4.78, 5) is 4.06. The molecule has 0 fully saturated rings. The molecular formula is C9H12N4. The fourth-order valence-corrected chi connectivity index (χ4v) is 1.37. The van der Waals surface area contributed by atoms with Gasteiger partial charge in [-0.15, -0.1) is 0 Å². The van der Waals surface area contributed by atoms with E-state index in [4.69, 9.17) is 5.73 Å². The minimum absolute atomic E-state index is 0.720. The van der Waals surface area contributed by atoms with Crippen LogP contribution in [-0.4, -0.2) is 21.1 Å². The molecule has 0 saturated carbocycles. The third kappa shape index (κ3) is 1.53. The fourth-order valence-electron chi connectivity index (χ4n) is 1.37. The van der Waals surface area contributed by atoms with Crippen LogP contribution in [0.5, 0.6) is 0 Å². The number of nitrogens with zero attached hydrogens (tertiary/aromatic N) is 3. The molecule has 4 nitrogen and oxygen atoms in total. The SMILES string of the molecule is NCCCc1cnn2ccncc12. The summed E-state index contributed by atoms with van der Waals surface area (Å²) in [5.41, 5.74) is 7.75. The van der Waals surface area contributed by atoms with Gasteiger partial charge < -0.3 is 5.73 Å². The lowest BCUT2D eigenvalue weighted by Gasteiger charge is -1.95. The van der Waals surface area contributed by atoms with Gasteiger partial charge in [0.1, 0.15) is 0 Å². The van der Waals surface area contributed by atoms with Crippen molar-refractivity contribution in [3.05, 3.63) is 30.4 Å². The maximum absolute atomic E-state index is 5.45. The van der Waals surface area contributed by atoms with E-state index in [9.17, 15) is 0 Å². The normalized spacial score (nSPS) is 10.8. The summed E-state index contributed by atoms with van der Waals surface area (Å²) in [6.45, 7) is 0.720. The van der Waals surface area contributed by atoms with Gasteiger partial charge in [0.2, 0.25) is 0 Å². The topological polar surface area (TPSA) is 56.2 Å². The molecule has 0 aliphatic carbocycles. The van der Waals surface area contributed by atoms with E-state index in [1.807, 2.05) is 23.1 Å². The molecule has 2 heterocycles. The molecule has 0 atom stereocenters. The third-order valence-corrected chi connectivity index (χ3v) is 2.05. The standard InChI is InChI=1S/C9H12N4/c10-3-1-2-8-6-12-13-5-4-11-7-9(8)13/h4-7H,1-3,10H2. The summed E-state index contributed by atoms with van der Waals surface area (Å²) in [5.74, 6) is 0. The predicted molar refractivity (Wildman–Crippen MR) is 50.4 cm³/mol. The zero-order valence-corrected chi connectivity index (χ0v) is 7.35. The van der Waals surface area contributed by atoms with E-state index in [2.05, 4.69) is 10.1 Å². The minimum atomic E-state index is 0.720. The van der Waals surface area contributed by atoms with Crippen LogP contribution in [0.3, 0.4) is 0 Å². The second-order valence-corrected chi connectivity index (χ2v) is 2.97. The smallest absolute Gasteiger partial charge is 0.0876 e. The maximum atomic E-state index is 5.45. The number of nitrogens with two attached hydrogens (primary N) is 1. The summed E-state index contributed by atoms with van der Waals surface area (Å²) in [6.07, 6.45) is 9.27. The van der Waals surface area contributed by atoms with Crippen molar-refractivity contribution in [2.24, 2.45) is 5.73 Å². The van der Waals surface area contributed by atoms with Gasteiger partial charge in [-0.25, -0.2) is 4.52 Å². The number of fused-ring (bicyclic) bond motifs is 1. The quantitative estimate of drug-likeness (QED) is 0.745. The van der Waals surface area contributed by atoms with Gasteiger partial charge in [-0.2, -0.15) is 5.10 Å². The van der Waals surface area contributed by atoms with Gasteiger partial charge in [0.25, 0.3) is 0 Å². The van der Waals surface area contributed by atoms with E-state index in [-0.39, 0.29) is 0 Å². The van der Waals surface area contributed by atoms with Crippen molar-refractivity contribution >= 4 is 5.52 Å². The van der Waals surface area contributed by atoms with Crippen molar-refractivity contribution in [3.8, 4) is 0 Å². The van der Waals surface area contributed by atoms with Gasteiger partial charge in [0.15, 0.2) is 0 Å². The molecule has 0 aliphatic rings.